The second-order valence-corrected chi connectivity index (χ2v) is 5.27. The summed E-state index contributed by atoms with van der Waals surface area (Å²) in [5.41, 5.74) is 0. The second-order valence-electron chi connectivity index (χ2n) is 4.90. The molecular weight excluding hydrogens is 282 g/mol. The van der Waals surface area contributed by atoms with Crippen molar-refractivity contribution in [2.75, 3.05) is 5.75 Å². The van der Waals surface area contributed by atoms with Gasteiger partial charge in [0.05, 0.1) is 0 Å². The average Bonchev–Trinajstić information content (AvgIpc) is 2.34. The third-order valence-electron chi connectivity index (χ3n) is 2.71. The molecule has 3 atom stereocenters. The van der Waals surface area contributed by atoms with E-state index in [9.17, 15) is 14.4 Å². The monoisotopic (exact) mass is 305 g/mol. The van der Waals surface area contributed by atoms with Gasteiger partial charge in [0.1, 0.15) is 12.1 Å². The van der Waals surface area contributed by atoms with Crippen LogP contribution in [0.1, 0.15) is 34.6 Å². The molecule has 0 aliphatic rings. The Morgan fingerprint density at radius 2 is 1.60 bits per heavy atom. The molecule has 0 fully saturated rings. The third kappa shape index (κ3) is 6.79. The normalized spacial score (nSPS) is 15.2. The maximum Gasteiger partial charge on any atom is 0.347 e. The minimum absolute atomic E-state index is 0.0859. The van der Waals surface area contributed by atoms with Gasteiger partial charge in [-0.1, -0.05) is 13.8 Å². The Bertz CT molecular complexity index is 359. The second kappa shape index (κ2) is 8.84. The SMILES string of the molecule is CC(=O)NC(CS)C(=O)OC(C)C(=O)OC(C)C(C)C. The molecule has 0 aromatic carbocycles. The Morgan fingerprint density at radius 1 is 1.05 bits per heavy atom. The van der Waals surface area contributed by atoms with Gasteiger partial charge in [0, 0.05) is 12.7 Å². The quantitative estimate of drug-likeness (QED) is 0.540. The first kappa shape index (κ1) is 18.8. The lowest BCUT2D eigenvalue weighted by atomic mass is 10.1. The lowest BCUT2D eigenvalue weighted by Crippen LogP contribution is -2.44. The molecule has 0 saturated carbocycles. The highest BCUT2D eigenvalue weighted by Crippen LogP contribution is 2.08. The molecule has 0 spiro atoms. The summed E-state index contributed by atoms with van der Waals surface area (Å²) in [6, 6.07) is -0.881. The minimum Gasteiger partial charge on any atom is -0.460 e. The Hall–Kier alpha value is -1.24. The molecule has 0 heterocycles. The maximum absolute atomic E-state index is 11.8. The molecule has 20 heavy (non-hydrogen) atoms. The fourth-order valence-electron chi connectivity index (χ4n) is 1.14. The number of ether oxygens (including phenoxy) is 2. The van der Waals surface area contributed by atoms with Gasteiger partial charge in [0.2, 0.25) is 5.91 Å². The fraction of sp³-hybridized carbons (Fsp3) is 0.769. The predicted molar refractivity (Wildman–Crippen MR) is 77.4 cm³/mol. The van der Waals surface area contributed by atoms with Crippen LogP contribution in [-0.2, 0) is 23.9 Å². The topological polar surface area (TPSA) is 81.7 Å². The van der Waals surface area contributed by atoms with Gasteiger partial charge in [-0.3, -0.25) is 4.79 Å². The molecule has 0 bridgehead atoms. The van der Waals surface area contributed by atoms with Gasteiger partial charge in [-0.05, 0) is 19.8 Å². The molecule has 0 aliphatic heterocycles. The van der Waals surface area contributed by atoms with E-state index in [-0.39, 0.29) is 23.7 Å². The van der Waals surface area contributed by atoms with Crippen LogP contribution >= 0.6 is 12.6 Å². The number of carbonyl (C=O) groups excluding carboxylic acids is 3. The van der Waals surface area contributed by atoms with E-state index in [2.05, 4.69) is 17.9 Å². The van der Waals surface area contributed by atoms with Crippen molar-refractivity contribution in [1.29, 1.82) is 0 Å². The van der Waals surface area contributed by atoms with Crippen LogP contribution in [0.5, 0.6) is 0 Å². The van der Waals surface area contributed by atoms with E-state index in [1.165, 1.54) is 13.8 Å². The lowest BCUT2D eigenvalue weighted by Gasteiger charge is -2.21. The van der Waals surface area contributed by atoms with Crippen molar-refractivity contribution in [3.8, 4) is 0 Å². The van der Waals surface area contributed by atoms with Crippen LogP contribution in [0.3, 0.4) is 0 Å². The van der Waals surface area contributed by atoms with Gasteiger partial charge in [0.25, 0.3) is 0 Å². The van der Waals surface area contributed by atoms with Crippen LogP contribution in [0.25, 0.3) is 0 Å². The summed E-state index contributed by atoms with van der Waals surface area (Å²) >= 11 is 3.95. The lowest BCUT2D eigenvalue weighted by molar-refractivity contribution is -0.171. The van der Waals surface area contributed by atoms with Crippen molar-refractivity contribution in [2.24, 2.45) is 5.92 Å². The van der Waals surface area contributed by atoms with E-state index >= 15 is 0 Å². The Labute approximate surface area is 125 Å². The molecule has 6 nitrogen and oxygen atoms in total. The number of amides is 1. The van der Waals surface area contributed by atoms with Gasteiger partial charge in [-0.25, -0.2) is 9.59 Å². The Balaban J connectivity index is 4.43. The van der Waals surface area contributed by atoms with E-state index in [1.807, 2.05) is 13.8 Å². The van der Waals surface area contributed by atoms with Gasteiger partial charge in [-0.15, -0.1) is 0 Å². The first-order chi connectivity index (χ1) is 9.18. The highest BCUT2D eigenvalue weighted by atomic mass is 32.1. The van der Waals surface area contributed by atoms with Crippen LogP contribution in [0.4, 0.5) is 0 Å². The molecule has 0 aromatic rings. The summed E-state index contributed by atoms with van der Waals surface area (Å²) in [5.74, 6) is -1.43. The van der Waals surface area contributed by atoms with Gasteiger partial charge < -0.3 is 14.8 Å². The van der Waals surface area contributed by atoms with Crippen molar-refractivity contribution in [1.82, 2.24) is 5.32 Å². The highest BCUT2D eigenvalue weighted by molar-refractivity contribution is 7.80. The highest BCUT2D eigenvalue weighted by Gasteiger charge is 2.26. The molecule has 1 N–H and O–H groups in total. The molecule has 3 unspecified atom stereocenters. The van der Waals surface area contributed by atoms with Crippen molar-refractivity contribution < 1.29 is 23.9 Å². The number of hydrogen-bond donors (Lipinski definition) is 2. The molecule has 0 saturated heterocycles. The molecule has 0 aliphatic carbocycles. The summed E-state index contributed by atoms with van der Waals surface area (Å²) < 4.78 is 10.1. The summed E-state index contributed by atoms with van der Waals surface area (Å²) in [6.45, 7) is 8.32. The van der Waals surface area contributed by atoms with Crippen molar-refractivity contribution >= 4 is 30.5 Å². The van der Waals surface area contributed by atoms with Gasteiger partial charge in [-0.2, -0.15) is 12.6 Å². The number of rotatable bonds is 7. The molecule has 7 heteroatoms. The van der Waals surface area contributed by atoms with Crippen molar-refractivity contribution in [3.63, 3.8) is 0 Å². The molecule has 1 amide bonds. The summed E-state index contributed by atoms with van der Waals surface area (Å²) in [6.07, 6.45) is -1.29. The number of esters is 2. The molecule has 116 valence electrons. The van der Waals surface area contributed by atoms with Crippen LogP contribution < -0.4 is 5.32 Å². The standard InChI is InChI=1S/C13H23NO5S/c1-7(2)8(3)18-12(16)9(4)19-13(17)11(6-20)14-10(5)15/h7-9,11,20H,6H2,1-5H3,(H,14,15). The molecule has 0 rings (SSSR count). The number of hydrogen-bond acceptors (Lipinski definition) is 6. The number of nitrogens with one attached hydrogen (secondary N) is 1. The number of carbonyl (C=O) groups is 3. The largest absolute Gasteiger partial charge is 0.460 e. The third-order valence-corrected chi connectivity index (χ3v) is 3.08. The minimum atomic E-state index is -1.03. The number of thiol groups is 1. The molecule has 0 aromatic heterocycles. The van der Waals surface area contributed by atoms with Crippen LogP contribution in [0.2, 0.25) is 0 Å². The first-order valence-electron chi connectivity index (χ1n) is 6.48. The van der Waals surface area contributed by atoms with E-state index in [1.54, 1.807) is 6.92 Å². The van der Waals surface area contributed by atoms with Gasteiger partial charge in [0.15, 0.2) is 6.10 Å². The smallest absolute Gasteiger partial charge is 0.347 e. The van der Waals surface area contributed by atoms with E-state index < -0.39 is 24.1 Å². The average molecular weight is 305 g/mol. The Morgan fingerprint density at radius 3 is 2.00 bits per heavy atom. The fourth-order valence-corrected chi connectivity index (χ4v) is 1.38. The van der Waals surface area contributed by atoms with E-state index in [4.69, 9.17) is 9.47 Å². The van der Waals surface area contributed by atoms with Crippen molar-refractivity contribution in [2.45, 2.75) is 52.9 Å². The van der Waals surface area contributed by atoms with Crippen LogP contribution in [-0.4, -0.2) is 41.8 Å². The zero-order chi connectivity index (χ0) is 15.9. The predicted octanol–water partition coefficient (Wildman–Crippen LogP) is 0.940. The maximum atomic E-state index is 11.8. The van der Waals surface area contributed by atoms with Crippen LogP contribution in [0, 0.1) is 5.92 Å². The zero-order valence-electron chi connectivity index (χ0n) is 12.5. The summed E-state index contributed by atoms with van der Waals surface area (Å²) in [5, 5.41) is 2.39. The van der Waals surface area contributed by atoms with Gasteiger partial charge >= 0.3 is 11.9 Å². The van der Waals surface area contributed by atoms with Crippen LogP contribution in [0.15, 0.2) is 0 Å². The summed E-state index contributed by atoms with van der Waals surface area (Å²) in [4.78, 5) is 34.4. The zero-order valence-corrected chi connectivity index (χ0v) is 13.4. The molecule has 0 radical (unpaired) electrons. The first-order valence-corrected chi connectivity index (χ1v) is 7.11. The van der Waals surface area contributed by atoms with E-state index in [0.717, 1.165) is 0 Å². The Kier molecular flexibility index (Phi) is 8.29. The molecular formula is C13H23NO5S. The van der Waals surface area contributed by atoms with E-state index in [0.29, 0.717) is 0 Å². The van der Waals surface area contributed by atoms with Crippen molar-refractivity contribution in [3.05, 3.63) is 0 Å². The summed E-state index contributed by atoms with van der Waals surface area (Å²) in [7, 11) is 0.